The Balaban J connectivity index is 0.000000195. The fourth-order valence-corrected chi connectivity index (χ4v) is 4.97. The molecule has 0 amide bonds. The maximum atomic E-state index is 13.4. The number of rotatable bonds is 9. The maximum Gasteiger partial charge on any atom is 0.305 e. The first-order valence-corrected chi connectivity index (χ1v) is 14.8. The van der Waals surface area contributed by atoms with E-state index in [9.17, 15) is 27.7 Å². The Labute approximate surface area is 283 Å². The van der Waals surface area contributed by atoms with Gasteiger partial charge in [0, 0.05) is 53.6 Å². The maximum absolute atomic E-state index is 13.4. The van der Waals surface area contributed by atoms with E-state index in [0.29, 0.717) is 51.7 Å². The molecular formula is C36H28F4N6O4. The third-order valence-electron chi connectivity index (χ3n) is 7.36. The van der Waals surface area contributed by atoms with Crippen molar-refractivity contribution in [3.8, 4) is 34.0 Å². The molecule has 6 aromatic rings. The van der Waals surface area contributed by atoms with Gasteiger partial charge in [0.05, 0.1) is 36.2 Å². The van der Waals surface area contributed by atoms with E-state index in [-0.39, 0.29) is 17.9 Å². The first-order valence-electron chi connectivity index (χ1n) is 14.8. The van der Waals surface area contributed by atoms with Crippen molar-refractivity contribution in [2.24, 2.45) is 0 Å². The lowest BCUT2D eigenvalue weighted by molar-refractivity contribution is -0.387. The highest BCUT2D eigenvalue weighted by atomic mass is 19.1. The Morgan fingerprint density at radius 3 is 1.58 bits per heavy atom. The number of nitrogens with two attached hydrogens (primary N) is 1. The standard InChI is InChI=1S/C18H13F2N3O3.C18H15F2N3O/c1-26-18-8-12(19)3-4-14(18)16-9-13(21-10-22-16)6-11-2-5-15(20)17(7-11)23(24)25;1-24-18-8-12(19)3-4-14(18)17-9-13(22-10-23-17)6-11-2-5-15(20)16(21)7-11/h2-5,7-10H,6H2,1H3;2-5,7-10H,6,21H2,1H3. The Kier molecular flexibility index (Phi) is 10.9. The number of benzene rings is 4. The van der Waals surface area contributed by atoms with Gasteiger partial charge in [-0.1, -0.05) is 12.1 Å². The molecule has 0 saturated heterocycles. The van der Waals surface area contributed by atoms with E-state index in [4.69, 9.17) is 15.2 Å². The van der Waals surface area contributed by atoms with Crippen molar-refractivity contribution in [2.45, 2.75) is 12.8 Å². The van der Waals surface area contributed by atoms with Crippen molar-refractivity contribution in [3.05, 3.63) is 153 Å². The zero-order valence-electron chi connectivity index (χ0n) is 26.6. The first-order chi connectivity index (χ1) is 24.0. The number of aromatic nitrogens is 4. The number of nitro benzene ring substituents is 1. The second-order valence-electron chi connectivity index (χ2n) is 10.7. The number of halogens is 4. The Morgan fingerprint density at radius 1 is 0.640 bits per heavy atom. The van der Waals surface area contributed by atoms with Crippen LogP contribution in [0, 0.1) is 33.4 Å². The van der Waals surface area contributed by atoms with E-state index in [2.05, 4.69) is 19.9 Å². The van der Waals surface area contributed by atoms with Crippen LogP contribution in [-0.2, 0) is 12.8 Å². The molecule has 0 atom stereocenters. The van der Waals surface area contributed by atoms with Crippen LogP contribution in [0.15, 0.2) is 97.6 Å². The molecule has 0 radical (unpaired) electrons. The minimum Gasteiger partial charge on any atom is -0.496 e. The lowest BCUT2D eigenvalue weighted by Crippen LogP contribution is -1.99. The highest BCUT2D eigenvalue weighted by molar-refractivity contribution is 5.68. The average molecular weight is 685 g/mol. The monoisotopic (exact) mass is 684 g/mol. The molecular weight excluding hydrogens is 656 g/mol. The van der Waals surface area contributed by atoms with E-state index in [0.717, 1.165) is 17.3 Å². The van der Waals surface area contributed by atoms with Gasteiger partial charge in [-0.15, -0.1) is 0 Å². The molecule has 0 saturated carbocycles. The summed E-state index contributed by atoms with van der Waals surface area (Å²) >= 11 is 0. The molecule has 50 heavy (non-hydrogen) atoms. The van der Waals surface area contributed by atoms with Gasteiger partial charge >= 0.3 is 5.69 Å². The molecule has 14 heteroatoms. The van der Waals surface area contributed by atoms with Gasteiger partial charge in [-0.2, -0.15) is 4.39 Å². The van der Waals surface area contributed by atoms with Gasteiger partial charge in [-0.25, -0.2) is 33.1 Å². The SMILES string of the molecule is COc1cc(F)ccc1-c1cc(Cc2ccc(F)c(N)c2)ncn1.COc1cc(F)ccc1-c1cc(Cc2ccc(F)c([N+](=O)[O-])c2)ncn1. The molecule has 254 valence electrons. The Hall–Kier alpha value is -6.44. The molecule has 2 heterocycles. The molecule has 0 aliphatic heterocycles. The van der Waals surface area contributed by atoms with Crippen molar-refractivity contribution >= 4 is 11.4 Å². The van der Waals surface area contributed by atoms with Gasteiger partial charge in [0.25, 0.3) is 0 Å². The third-order valence-corrected chi connectivity index (χ3v) is 7.36. The van der Waals surface area contributed by atoms with Gasteiger partial charge in [-0.3, -0.25) is 10.1 Å². The van der Waals surface area contributed by atoms with Crippen molar-refractivity contribution in [3.63, 3.8) is 0 Å². The summed E-state index contributed by atoms with van der Waals surface area (Å²) < 4.78 is 63.8. The number of nitro groups is 1. The van der Waals surface area contributed by atoms with Crippen LogP contribution in [-0.4, -0.2) is 39.1 Å². The van der Waals surface area contributed by atoms with E-state index in [1.165, 1.54) is 69.3 Å². The predicted octanol–water partition coefficient (Wildman–Crippen LogP) is 7.53. The molecule has 4 aromatic carbocycles. The molecule has 0 unspecified atom stereocenters. The normalized spacial score (nSPS) is 10.6. The van der Waals surface area contributed by atoms with Gasteiger partial charge in [0.15, 0.2) is 0 Å². The number of nitrogen functional groups attached to an aromatic ring is 1. The second-order valence-corrected chi connectivity index (χ2v) is 10.7. The molecule has 10 nitrogen and oxygen atoms in total. The minimum atomic E-state index is -0.891. The fourth-order valence-electron chi connectivity index (χ4n) is 4.97. The summed E-state index contributed by atoms with van der Waals surface area (Å²) in [6.07, 6.45) is 3.50. The van der Waals surface area contributed by atoms with E-state index >= 15 is 0 Å². The van der Waals surface area contributed by atoms with Crippen LogP contribution in [0.3, 0.4) is 0 Å². The summed E-state index contributed by atoms with van der Waals surface area (Å²) in [5.74, 6) is -1.43. The largest absolute Gasteiger partial charge is 0.496 e. The molecule has 6 rings (SSSR count). The molecule has 0 fully saturated rings. The summed E-state index contributed by atoms with van der Waals surface area (Å²) in [6, 6.07) is 20.1. The topological polar surface area (TPSA) is 139 Å². The number of ether oxygens (including phenoxy) is 2. The van der Waals surface area contributed by atoms with E-state index < -0.39 is 28.1 Å². The highest BCUT2D eigenvalue weighted by Crippen LogP contribution is 2.31. The number of hydrogen-bond acceptors (Lipinski definition) is 9. The van der Waals surface area contributed by atoms with Crippen LogP contribution in [0.5, 0.6) is 11.5 Å². The van der Waals surface area contributed by atoms with Crippen LogP contribution in [0.25, 0.3) is 22.5 Å². The van der Waals surface area contributed by atoms with Crippen LogP contribution < -0.4 is 15.2 Å². The summed E-state index contributed by atoms with van der Waals surface area (Å²) in [7, 11) is 2.90. The molecule has 0 bridgehead atoms. The van der Waals surface area contributed by atoms with Crippen molar-refractivity contribution < 1.29 is 32.0 Å². The molecule has 2 N–H and O–H groups in total. The van der Waals surface area contributed by atoms with Crippen molar-refractivity contribution in [2.75, 3.05) is 20.0 Å². The van der Waals surface area contributed by atoms with Crippen LogP contribution in [0.4, 0.5) is 28.9 Å². The summed E-state index contributed by atoms with van der Waals surface area (Å²) in [4.78, 5) is 26.8. The van der Waals surface area contributed by atoms with Gasteiger partial charge < -0.3 is 15.2 Å². The van der Waals surface area contributed by atoms with Gasteiger partial charge in [-0.05, 0) is 65.7 Å². The Bertz CT molecular complexity index is 2170. The number of nitrogens with zero attached hydrogens (tertiary/aromatic N) is 5. The summed E-state index contributed by atoms with van der Waals surface area (Å²) in [5, 5.41) is 10.9. The minimum absolute atomic E-state index is 0.0991. The van der Waals surface area contributed by atoms with Crippen LogP contribution >= 0.6 is 0 Å². The third kappa shape index (κ3) is 8.52. The van der Waals surface area contributed by atoms with Crippen LogP contribution in [0.2, 0.25) is 0 Å². The average Bonchev–Trinajstić information content (AvgIpc) is 3.11. The zero-order chi connectivity index (χ0) is 35.8. The highest BCUT2D eigenvalue weighted by Gasteiger charge is 2.16. The van der Waals surface area contributed by atoms with Gasteiger partial charge in [0.1, 0.15) is 41.6 Å². The summed E-state index contributed by atoms with van der Waals surface area (Å²) in [5.41, 5.74) is 10.2. The van der Waals surface area contributed by atoms with E-state index in [1.807, 2.05) is 0 Å². The second kappa shape index (κ2) is 15.6. The zero-order valence-corrected chi connectivity index (χ0v) is 26.6. The van der Waals surface area contributed by atoms with Gasteiger partial charge in [0.2, 0.25) is 5.82 Å². The predicted molar refractivity (Wildman–Crippen MR) is 177 cm³/mol. The Morgan fingerprint density at radius 2 is 1.12 bits per heavy atom. The lowest BCUT2D eigenvalue weighted by Gasteiger charge is -2.09. The number of hydrogen-bond donors (Lipinski definition) is 1. The van der Waals surface area contributed by atoms with E-state index in [1.54, 1.807) is 36.4 Å². The summed E-state index contributed by atoms with van der Waals surface area (Å²) in [6.45, 7) is 0. The first kappa shape index (κ1) is 34.9. The smallest absolute Gasteiger partial charge is 0.305 e. The quantitative estimate of drug-likeness (QED) is 0.0708. The fraction of sp³-hybridized carbons (Fsp3) is 0.111. The molecule has 2 aromatic heterocycles. The lowest BCUT2D eigenvalue weighted by atomic mass is 10.1. The van der Waals surface area contributed by atoms with Crippen molar-refractivity contribution in [1.29, 1.82) is 0 Å². The number of methoxy groups -OCH3 is 2. The van der Waals surface area contributed by atoms with Crippen LogP contribution in [0.1, 0.15) is 22.5 Å². The molecule has 0 spiro atoms. The van der Waals surface area contributed by atoms with Crippen molar-refractivity contribution in [1.82, 2.24) is 19.9 Å². The molecule has 0 aliphatic rings. The number of anilines is 1. The molecule has 0 aliphatic carbocycles.